The normalized spacial score (nSPS) is 12.9. The predicted molar refractivity (Wildman–Crippen MR) is 79.9 cm³/mol. The molecule has 0 aliphatic heterocycles. The molecular formula is C14H23BrN2O. The zero-order chi connectivity index (χ0) is 13.4. The summed E-state index contributed by atoms with van der Waals surface area (Å²) in [5.74, 6) is 0. The van der Waals surface area contributed by atoms with Gasteiger partial charge in [0.25, 0.3) is 0 Å². The van der Waals surface area contributed by atoms with Gasteiger partial charge in [0.1, 0.15) is 0 Å². The van der Waals surface area contributed by atoms with E-state index in [0.717, 1.165) is 26.1 Å². The van der Waals surface area contributed by atoms with E-state index in [-0.39, 0.29) is 0 Å². The first-order chi connectivity index (χ1) is 8.69. The van der Waals surface area contributed by atoms with Crippen LogP contribution in [0.4, 0.5) is 0 Å². The van der Waals surface area contributed by atoms with E-state index in [1.54, 1.807) is 7.11 Å². The summed E-state index contributed by atoms with van der Waals surface area (Å²) in [5.41, 5.74) is 1.32. The van der Waals surface area contributed by atoms with E-state index in [4.69, 9.17) is 4.74 Å². The van der Waals surface area contributed by atoms with E-state index < -0.39 is 0 Å². The second kappa shape index (κ2) is 8.64. The molecule has 1 rings (SSSR count). The first kappa shape index (κ1) is 15.6. The Balaban J connectivity index is 2.50. The third kappa shape index (κ3) is 5.06. The number of ether oxygens (including phenoxy) is 1. The molecule has 0 amide bonds. The van der Waals surface area contributed by atoms with Crippen LogP contribution in [0.3, 0.4) is 0 Å². The summed E-state index contributed by atoms with van der Waals surface area (Å²) in [6, 6.07) is 8.77. The maximum Gasteiger partial charge on any atom is 0.0589 e. The van der Waals surface area contributed by atoms with Crippen LogP contribution in [0.1, 0.15) is 18.0 Å². The van der Waals surface area contributed by atoms with Crippen LogP contribution in [0.5, 0.6) is 0 Å². The van der Waals surface area contributed by atoms with Gasteiger partial charge in [-0.15, -0.1) is 0 Å². The van der Waals surface area contributed by atoms with Crippen LogP contribution < -0.4 is 5.32 Å². The average molecular weight is 315 g/mol. The molecule has 0 saturated heterocycles. The number of benzene rings is 1. The molecule has 1 N–H and O–H groups in total. The molecule has 0 aromatic heterocycles. The van der Waals surface area contributed by atoms with Crippen LogP contribution in [-0.2, 0) is 4.74 Å². The van der Waals surface area contributed by atoms with Crippen LogP contribution in [0.25, 0.3) is 0 Å². The Morgan fingerprint density at radius 1 is 1.33 bits per heavy atom. The highest BCUT2D eigenvalue weighted by molar-refractivity contribution is 9.10. The lowest BCUT2D eigenvalue weighted by atomic mass is 10.0. The largest absolute Gasteiger partial charge is 0.383 e. The van der Waals surface area contributed by atoms with Crippen molar-refractivity contribution < 1.29 is 4.74 Å². The summed E-state index contributed by atoms with van der Waals surface area (Å²) in [4.78, 5) is 2.30. The van der Waals surface area contributed by atoms with E-state index in [9.17, 15) is 0 Å². The van der Waals surface area contributed by atoms with Crippen LogP contribution in [0.15, 0.2) is 28.7 Å². The second-order valence-corrected chi connectivity index (χ2v) is 5.30. The average Bonchev–Trinajstić information content (AvgIpc) is 2.39. The Labute approximate surface area is 119 Å². The Morgan fingerprint density at radius 2 is 2.06 bits per heavy atom. The standard InChI is InChI=1S/C14H23BrN2O/c1-16-14(8-9-17(2)10-11-18-3)12-6-4-5-7-13(12)15/h4-7,14,16H,8-11H2,1-3H3. The molecule has 18 heavy (non-hydrogen) atoms. The first-order valence-corrected chi connectivity index (χ1v) is 7.07. The SMILES string of the molecule is CNC(CCN(C)CCOC)c1ccccc1Br. The first-order valence-electron chi connectivity index (χ1n) is 6.28. The van der Waals surface area contributed by atoms with Crippen LogP contribution >= 0.6 is 15.9 Å². The predicted octanol–water partition coefficient (Wildman–Crippen LogP) is 2.68. The molecule has 0 fully saturated rings. The second-order valence-electron chi connectivity index (χ2n) is 4.45. The number of halogens is 1. The van der Waals surface area contributed by atoms with Crippen molar-refractivity contribution in [1.82, 2.24) is 10.2 Å². The van der Waals surface area contributed by atoms with Crippen molar-refractivity contribution in [1.29, 1.82) is 0 Å². The number of methoxy groups -OCH3 is 1. The molecule has 0 saturated carbocycles. The molecule has 0 radical (unpaired) electrons. The lowest BCUT2D eigenvalue weighted by molar-refractivity contribution is 0.159. The van der Waals surface area contributed by atoms with E-state index >= 15 is 0 Å². The zero-order valence-corrected chi connectivity index (χ0v) is 13.0. The zero-order valence-electron chi connectivity index (χ0n) is 11.4. The van der Waals surface area contributed by atoms with Gasteiger partial charge >= 0.3 is 0 Å². The van der Waals surface area contributed by atoms with Crippen molar-refractivity contribution >= 4 is 15.9 Å². The number of nitrogens with one attached hydrogen (secondary N) is 1. The smallest absolute Gasteiger partial charge is 0.0589 e. The Hall–Kier alpha value is -0.420. The van der Waals surface area contributed by atoms with E-state index in [2.05, 4.69) is 51.4 Å². The third-order valence-corrected chi connectivity index (χ3v) is 3.83. The third-order valence-electron chi connectivity index (χ3n) is 3.11. The van der Waals surface area contributed by atoms with Gasteiger partial charge in [0.2, 0.25) is 0 Å². The minimum absolute atomic E-state index is 0.380. The van der Waals surface area contributed by atoms with E-state index in [1.807, 2.05) is 13.1 Å². The highest BCUT2D eigenvalue weighted by Crippen LogP contribution is 2.25. The molecule has 1 aromatic carbocycles. The Morgan fingerprint density at radius 3 is 2.67 bits per heavy atom. The molecule has 0 heterocycles. The molecule has 102 valence electrons. The van der Waals surface area contributed by atoms with Gasteiger partial charge in [-0.3, -0.25) is 0 Å². The molecule has 4 heteroatoms. The highest BCUT2D eigenvalue weighted by Gasteiger charge is 2.12. The number of rotatable bonds is 8. The topological polar surface area (TPSA) is 24.5 Å². The number of hydrogen-bond acceptors (Lipinski definition) is 3. The fourth-order valence-electron chi connectivity index (χ4n) is 1.92. The molecule has 1 unspecified atom stereocenters. The summed E-state index contributed by atoms with van der Waals surface area (Å²) in [6.07, 6.45) is 1.08. The van der Waals surface area contributed by atoms with Crippen molar-refractivity contribution in [2.75, 3.05) is 40.9 Å². The van der Waals surface area contributed by atoms with Gasteiger partial charge in [0.05, 0.1) is 6.61 Å². The van der Waals surface area contributed by atoms with Crippen LogP contribution in [-0.4, -0.2) is 45.8 Å². The maximum absolute atomic E-state index is 5.08. The number of hydrogen-bond donors (Lipinski definition) is 1. The summed E-state index contributed by atoms with van der Waals surface area (Å²) >= 11 is 3.61. The Bertz CT molecular complexity index is 346. The summed E-state index contributed by atoms with van der Waals surface area (Å²) < 4.78 is 6.25. The van der Waals surface area contributed by atoms with Crippen molar-refractivity contribution in [2.24, 2.45) is 0 Å². The minimum Gasteiger partial charge on any atom is -0.383 e. The van der Waals surface area contributed by atoms with Gasteiger partial charge in [-0.1, -0.05) is 34.1 Å². The molecule has 0 aliphatic rings. The van der Waals surface area contributed by atoms with Gasteiger partial charge < -0.3 is 15.0 Å². The molecule has 0 bridgehead atoms. The number of nitrogens with zero attached hydrogens (tertiary/aromatic N) is 1. The fourth-order valence-corrected chi connectivity index (χ4v) is 2.48. The maximum atomic E-state index is 5.08. The van der Waals surface area contributed by atoms with Gasteiger partial charge in [-0.05, 0) is 38.7 Å². The van der Waals surface area contributed by atoms with Crippen LogP contribution in [0, 0.1) is 0 Å². The molecule has 3 nitrogen and oxygen atoms in total. The fraction of sp³-hybridized carbons (Fsp3) is 0.571. The lowest BCUT2D eigenvalue weighted by Gasteiger charge is -2.22. The Kier molecular flexibility index (Phi) is 7.51. The number of likely N-dealkylation sites (N-methyl/N-ethyl adjacent to an activating group) is 1. The molecule has 1 atom stereocenters. The van der Waals surface area contributed by atoms with Gasteiger partial charge in [0.15, 0.2) is 0 Å². The summed E-state index contributed by atoms with van der Waals surface area (Å²) in [6.45, 7) is 2.81. The van der Waals surface area contributed by atoms with Crippen molar-refractivity contribution in [3.63, 3.8) is 0 Å². The molecular weight excluding hydrogens is 292 g/mol. The lowest BCUT2D eigenvalue weighted by Crippen LogP contribution is -2.28. The van der Waals surface area contributed by atoms with Crippen molar-refractivity contribution in [2.45, 2.75) is 12.5 Å². The molecule has 1 aromatic rings. The van der Waals surface area contributed by atoms with Gasteiger partial charge in [-0.2, -0.15) is 0 Å². The van der Waals surface area contributed by atoms with Crippen molar-refractivity contribution in [3.05, 3.63) is 34.3 Å². The van der Waals surface area contributed by atoms with Gasteiger partial charge in [-0.25, -0.2) is 0 Å². The molecule has 0 spiro atoms. The van der Waals surface area contributed by atoms with Crippen LogP contribution in [0.2, 0.25) is 0 Å². The van der Waals surface area contributed by atoms with E-state index in [1.165, 1.54) is 10.0 Å². The van der Waals surface area contributed by atoms with Crippen molar-refractivity contribution in [3.8, 4) is 0 Å². The van der Waals surface area contributed by atoms with Gasteiger partial charge in [0, 0.05) is 24.2 Å². The summed E-state index contributed by atoms with van der Waals surface area (Å²) in [5, 5.41) is 3.38. The highest BCUT2D eigenvalue weighted by atomic mass is 79.9. The summed E-state index contributed by atoms with van der Waals surface area (Å²) in [7, 11) is 5.89. The minimum atomic E-state index is 0.380. The quantitative estimate of drug-likeness (QED) is 0.798. The molecule has 0 aliphatic carbocycles. The monoisotopic (exact) mass is 314 g/mol. The van der Waals surface area contributed by atoms with E-state index in [0.29, 0.717) is 6.04 Å².